The lowest BCUT2D eigenvalue weighted by Gasteiger charge is -2.12. The van der Waals surface area contributed by atoms with Crippen LogP contribution in [0.15, 0.2) is 34.6 Å². The van der Waals surface area contributed by atoms with Crippen LogP contribution in [0.1, 0.15) is 22.4 Å². The van der Waals surface area contributed by atoms with Gasteiger partial charge in [-0.2, -0.15) is 0 Å². The number of hydrogen-bond donors (Lipinski definition) is 3. The van der Waals surface area contributed by atoms with Gasteiger partial charge in [0.15, 0.2) is 5.96 Å². The van der Waals surface area contributed by atoms with E-state index in [9.17, 15) is 4.79 Å². The molecule has 5 nitrogen and oxygen atoms in total. The number of hydrogen-bond acceptors (Lipinski definition) is 3. The minimum absolute atomic E-state index is 0. The molecule has 1 heterocycles. The summed E-state index contributed by atoms with van der Waals surface area (Å²) in [6.45, 7) is 5.19. The lowest BCUT2D eigenvalue weighted by atomic mass is 10.2. The molecule has 0 unspecified atom stereocenters. The van der Waals surface area contributed by atoms with Gasteiger partial charge in [-0.25, -0.2) is 0 Å². The van der Waals surface area contributed by atoms with Crippen LogP contribution >= 0.6 is 46.9 Å². The average molecular weight is 507 g/mol. The van der Waals surface area contributed by atoms with Crippen LogP contribution in [-0.2, 0) is 11.3 Å². The summed E-state index contributed by atoms with van der Waals surface area (Å²) in [6.07, 6.45) is 0.338. The van der Waals surface area contributed by atoms with Crippen LogP contribution in [0.3, 0.4) is 0 Å². The molecule has 2 rings (SSSR count). The zero-order valence-electron chi connectivity index (χ0n) is 15.1. The van der Waals surface area contributed by atoms with Crippen molar-refractivity contribution in [1.82, 2.24) is 10.6 Å². The first-order chi connectivity index (χ1) is 12.0. The van der Waals surface area contributed by atoms with Gasteiger partial charge < -0.3 is 16.0 Å². The Kier molecular flexibility index (Phi) is 9.97. The summed E-state index contributed by atoms with van der Waals surface area (Å²) in [7, 11) is 1.71. The molecule has 0 radical (unpaired) electrons. The number of nitrogens with one attached hydrogen (secondary N) is 3. The first-order valence-corrected chi connectivity index (χ1v) is 9.29. The second-order valence-corrected chi connectivity index (χ2v) is 7.00. The van der Waals surface area contributed by atoms with Crippen molar-refractivity contribution in [2.75, 3.05) is 18.9 Å². The highest BCUT2D eigenvalue weighted by Gasteiger charge is 2.07. The van der Waals surface area contributed by atoms with Crippen LogP contribution in [-0.4, -0.2) is 25.5 Å². The second-order valence-electron chi connectivity index (χ2n) is 5.59. The Morgan fingerprint density at radius 3 is 2.65 bits per heavy atom. The van der Waals surface area contributed by atoms with Crippen LogP contribution in [0, 0.1) is 13.8 Å². The van der Waals surface area contributed by atoms with Gasteiger partial charge in [-0.05, 0) is 48.6 Å². The SMILES string of the molecule is CN=C(NCCC(=O)Nc1cccc(Cl)c1C)NCc1sccc1C.I. The smallest absolute Gasteiger partial charge is 0.226 e. The van der Waals surface area contributed by atoms with Crippen molar-refractivity contribution in [3.63, 3.8) is 0 Å². The van der Waals surface area contributed by atoms with Crippen LogP contribution in [0.4, 0.5) is 5.69 Å². The lowest BCUT2D eigenvalue weighted by Crippen LogP contribution is -2.38. The molecular formula is C18H24ClIN4OS. The zero-order chi connectivity index (χ0) is 18.2. The third-order valence-electron chi connectivity index (χ3n) is 3.79. The van der Waals surface area contributed by atoms with Gasteiger partial charge in [0.25, 0.3) is 0 Å². The van der Waals surface area contributed by atoms with Gasteiger partial charge in [0, 0.05) is 35.6 Å². The Bertz CT molecular complexity index is 763. The maximum absolute atomic E-state index is 12.1. The molecule has 0 spiro atoms. The van der Waals surface area contributed by atoms with Crippen molar-refractivity contribution in [3.8, 4) is 0 Å². The normalized spacial score (nSPS) is 10.8. The number of carbonyl (C=O) groups excluding carboxylic acids is 1. The predicted octanol–water partition coefficient (Wildman–Crippen LogP) is 4.33. The summed E-state index contributed by atoms with van der Waals surface area (Å²) in [5.74, 6) is 0.613. The van der Waals surface area contributed by atoms with Crippen molar-refractivity contribution < 1.29 is 4.79 Å². The van der Waals surface area contributed by atoms with Crippen molar-refractivity contribution in [2.45, 2.75) is 26.8 Å². The maximum Gasteiger partial charge on any atom is 0.226 e. The van der Waals surface area contributed by atoms with Gasteiger partial charge in [0.2, 0.25) is 5.91 Å². The molecule has 0 aliphatic heterocycles. The van der Waals surface area contributed by atoms with Crippen LogP contribution in [0.2, 0.25) is 5.02 Å². The Labute approximate surface area is 180 Å². The summed E-state index contributed by atoms with van der Waals surface area (Å²) in [4.78, 5) is 17.5. The van der Waals surface area contributed by atoms with Crippen LogP contribution < -0.4 is 16.0 Å². The van der Waals surface area contributed by atoms with E-state index >= 15 is 0 Å². The summed E-state index contributed by atoms with van der Waals surface area (Å²) in [6, 6.07) is 7.57. The van der Waals surface area contributed by atoms with E-state index in [-0.39, 0.29) is 29.9 Å². The summed E-state index contributed by atoms with van der Waals surface area (Å²) in [5.41, 5.74) is 2.88. The number of halogens is 2. The van der Waals surface area contributed by atoms with Crippen molar-refractivity contribution in [1.29, 1.82) is 0 Å². The lowest BCUT2D eigenvalue weighted by molar-refractivity contribution is -0.116. The molecule has 8 heteroatoms. The van der Waals surface area contributed by atoms with Gasteiger partial charge in [0.05, 0.1) is 6.54 Å². The number of aryl methyl sites for hydroxylation is 1. The summed E-state index contributed by atoms with van der Waals surface area (Å²) in [5, 5.41) is 12.0. The van der Waals surface area contributed by atoms with E-state index in [0.29, 0.717) is 23.9 Å². The highest BCUT2D eigenvalue weighted by molar-refractivity contribution is 14.0. The monoisotopic (exact) mass is 506 g/mol. The third kappa shape index (κ3) is 6.77. The number of nitrogens with zero attached hydrogens (tertiary/aromatic N) is 1. The second kappa shape index (κ2) is 11.4. The zero-order valence-corrected chi connectivity index (χ0v) is 19.0. The van der Waals surface area contributed by atoms with Gasteiger partial charge in [0.1, 0.15) is 0 Å². The summed E-state index contributed by atoms with van der Waals surface area (Å²) >= 11 is 7.78. The third-order valence-corrected chi connectivity index (χ3v) is 5.23. The van der Waals surface area contributed by atoms with E-state index in [1.54, 1.807) is 24.5 Å². The van der Waals surface area contributed by atoms with E-state index in [4.69, 9.17) is 11.6 Å². The van der Waals surface area contributed by atoms with E-state index < -0.39 is 0 Å². The Morgan fingerprint density at radius 1 is 1.23 bits per heavy atom. The summed E-state index contributed by atoms with van der Waals surface area (Å²) < 4.78 is 0. The van der Waals surface area contributed by atoms with Crippen molar-refractivity contribution in [2.24, 2.45) is 4.99 Å². The number of thiophene rings is 1. The molecule has 0 atom stereocenters. The number of guanidine groups is 1. The van der Waals surface area contributed by atoms with Gasteiger partial charge in [-0.1, -0.05) is 17.7 Å². The molecule has 0 saturated carbocycles. The average Bonchev–Trinajstić information content (AvgIpc) is 3.00. The highest BCUT2D eigenvalue weighted by Crippen LogP contribution is 2.22. The molecule has 3 N–H and O–H groups in total. The largest absolute Gasteiger partial charge is 0.356 e. The van der Waals surface area contributed by atoms with Crippen molar-refractivity contribution >= 4 is 64.5 Å². The van der Waals surface area contributed by atoms with Gasteiger partial charge in [-0.15, -0.1) is 35.3 Å². The highest BCUT2D eigenvalue weighted by atomic mass is 127. The minimum atomic E-state index is -0.0672. The number of aliphatic imine (C=N–C) groups is 1. The van der Waals surface area contributed by atoms with Crippen LogP contribution in [0.5, 0.6) is 0 Å². The molecule has 0 aliphatic carbocycles. The molecule has 0 aliphatic rings. The molecule has 1 aromatic heterocycles. The maximum atomic E-state index is 12.1. The predicted molar refractivity (Wildman–Crippen MR) is 122 cm³/mol. The molecule has 0 fully saturated rings. The van der Waals surface area contributed by atoms with E-state index in [2.05, 4.69) is 39.3 Å². The molecule has 0 bridgehead atoms. The van der Waals surface area contributed by atoms with Crippen LogP contribution in [0.25, 0.3) is 0 Å². The standard InChI is InChI=1S/C18H23ClN4OS.HI/c1-12-8-10-25-16(12)11-22-18(20-3)21-9-7-17(24)23-15-6-4-5-14(19)13(15)2;/h4-6,8,10H,7,9,11H2,1-3H3,(H,23,24)(H2,20,21,22);1H. The fourth-order valence-corrected chi connectivity index (χ4v) is 3.24. The topological polar surface area (TPSA) is 65.5 Å². The minimum Gasteiger partial charge on any atom is -0.356 e. The van der Waals surface area contributed by atoms with E-state index in [1.807, 2.05) is 19.1 Å². The molecule has 0 saturated heterocycles. The fraction of sp³-hybridized carbons (Fsp3) is 0.333. The number of benzene rings is 1. The van der Waals surface area contributed by atoms with E-state index in [0.717, 1.165) is 17.8 Å². The first-order valence-electron chi connectivity index (χ1n) is 8.03. The Hall–Kier alpha value is -1.32. The molecule has 1 aromatic carbocycles. The number of rotatable bonds is 6. The van der Waals surface area contributed by atoms with Gasteiger partial charge in [-0.3, -0.25) is 9.79 Å². The number of amides is 1. The molecule has 1 amide bonds. The molecule has 2 aromatic rings. The first kappa shape index (κ1) is 22.7. The number of anilines is 1. The quantitative estimate of drug-likeness (QED) is 0.310. The van der Waals surface area contributed by atoms with Gasteiger partial charge >= 0.3 is 0 Å². The number of carbonyl (C=O) groups is 1. The Morgan fingerprint density at radius 2 is 2.00 bits per heavy atom. The fourth-order valence-electron chi connectivity index (χ4n) is 2.22. The molecule has 142 valence electrons. The molecule has 26 heavy (non-hydrogen) atoms. The van der Waals surface area contributed by atoms with Crippen molar-refractivity contribution in [3.05, 3.63) is 50.7 Å². The molecular weight excluding hydrogens is 483 g/mol. The van der Waals surface area contributed by atoms with E-state index in [1.165, 1.54) is 10.4 Å². The Balaban J connectivity index is 0.00000338.